The van der Waals surface area contributed by atoms with Crippen molar-refractivity contribution in [3.8, 4) is 0 Å². The van der Waals surface area contributed by atoms with Crippen molar-refractivity contribution >= 4 is 15.7 Å². The fourth-order valence-corrected chi connectivity index (χ4v) is 2.41. The molecule has 0 bridgehead atoms. The highest BCUT2D eigenvalue weighted by Gasteiger charge is 2.13. The predicted molar refractivity (Wildman–Crippen MR) is 71.6 cm³/mol. The highest BCUT2D eigenvalue weighted by Crippen LogP contribution is 2.11. The molecule has 0 atom stereocenters. The van der Waals surface area contributed by atoms with E-state index >= 15 is 0 Å². The number of aromatic nitrogens is 2. The number of hydrogen-bond acceptors (Lipinski definition) is 5. The topological polar surface area (TPSA) is 98.0 Å². The molecule has 0 saturated heterocycles. The van der Waals surface area contributed by atoms with E-state index < -0.39 is 10.0 Å². The number of anilines is 1. The Morgan fingerprint density at radius 1 is 1.16 bits per heavy atom. The van der Waals surface area contributed by atoms with Crippen molar-refractivity contribution < 1.29 is 8.42 Å². The van der Waals surface area contributed by atoms with Gasteiger partial charge in [0.25, 0.3) is 0 Å². The Morgan fingerprint density at radius 2 is 1.84 bits per heavy atom. The summed E-state index contributed by atoms with van der Waals surface area (Å²) in [6.45, 7) is 1.91. The van der Waals surface area contributed by atoms with Crippen molar-refractivity contribution in [2.24, 2.45) is 0 Å². The van der Waals surface area contributed by atoms with E-state index in [0.717, 1.165) is 5.69 Å². The van der Waals surface area contributed by atoms with Crippen LogP contribution in [-0.4, -0.2) is 18.4 Å². The summed E-state index contributed by atoms with van der Waals surface area (Å²) in [5.74, 6) is 0. The second kappa shape index (κ2) is 5.33. The average Bonchev–Trinajstić information content (AvgIpc) is 2.39. The number of nitrogens with one attached hydrogen (secondary N) is 1. The van der Waals surface area contributed by atoms with E-state index in [2.05, 4.69) is 14.7 Å². The Hall–Kier alpha value is -1.99. The molecule has 0 amide bonds. The van der Waals surface area contributed by atoms with Gasteiger partial charge in [-0.05, 0) is 31.2 Å². The minimum atomic E-state index is -3.56. The van der Waals surface area contributed by atoms with Crippen molar-refractivity contribution in [2.45, 2.75) is 18.4 Å². The Balaban J connectivity index is 2.09. The van der Waals surface area contributed by atoms with Gasteiger partial charge in [-0.15, -0.1) is 0 Å². The van der Waals surface area contributed by atoms with Crippen LogP contribution in [0.2, 0.25) is 0 Å². The van der Waals surface area contributed by atoms with E-state index in [-0.39, 0.29) is 11.4 Å². The van der Waals surface area contributed by atoms with Crippen molar-refractivity contribution in [2.75, 3.05) is 5.73 Å². The van der Waals surface area contributed by atoms with E-state index in [4.69, 9.17) is 5.73 Å². The molecule has 1 aromatic heterocycles. The summed E-state index contributed by atoms with van der Waals surface area (Å²) in [4.78, 5) is 8.30. The maximum Gasteiger partial charge on any atom is 0.240 e. The summed E-state index contributed by atoms with van der Waals surface area (Å²) in [6.07, 6.45) is 3.13. The number of hydrogen-bond donors (Lipinski definition) is 2. The van der Waals surface area contributed by atoms with Gasteiger partial charge in [0, 0.05) is 11.9 Å². The standard InChI is InChI=1S/C12H14N4O2S/c1-9-6-15-11(7-14-9)8-16-19(17,18)12-4-2-10(13)3-5-12/h2-7,16H,8,13H2,1H3. The molecule has 7 heteroatoms. The molecule has 2 rings (SSSR count). The Bertz CT molecular complexity index is 651. The number of nitrogen functional groups attached to an aromatic ring is 1. The van der Waals surface area contributed by atoms with Crippen LogP contribution in [0.1, 0.15) is 11.4 Å². The molecule has 0 radical (unpaired) electrons. The molecule has 0 saturated carbocycles. The summed E-state index contributed by atoms with van der Waals surface area (Å²) >= 11 is 0. The van der Waals surface area contributed by atoms with Crippen LogP contribution in [0, 0.1) is 6.92 Å². The fourth-order valence-electron chi connectivity index (χ4n) is 1.41. The minimum absolute atomic E-state index is 0.0972. The smallest absolute Gasteiger partial charge is 0.240 e. The van der Waals surface area contributed by atoms with Crippen LogP contribution in [0.3, 0.4) is 0 Å². The normalized spacial score (nSPS) is 11.4. The number of aryl methyl sites for hydroxylation is 1. The molecule has 0 fully saturated rings. The average molecular weight is 278 g/mol. The van der Waals surface area contributed by atoms with E-state index in [1.807, 2.05) is 6.92 Å². The van der Waals surface area contributed by atoms with Gasteiger partial charge < -0.3 is 5.73 Å². The zero-order valence-electron chi connectivity index (χ0n) is 10.4. The molecule has 1 aromatic carbocycles. The van der Waals surface area contributed by atoms with Crippen LogP contribution >= 0.6 is 0 Å². The van der Waals surface area contributed by atoms with Crippen molar-refractivity contribution in [3.05, 3.63) is 48.0 Å². The lowest BCUT2D eigenvalue weighted by Crippen LogP contribution is -2.23. The van der Waals surface area contributed by atoms with Crippen molar-refractivity contribution in [3.63, 3.8) is 0 Å². The van der Waals surface area contributed by atoms with Gasteiger partial charge in [-0.3, -0.25) is 9.97 Å². The summed E-state index contributed by atoms with van der Waals surface area (Å²) in [5, 5.41) is 0. The second-order valence-electron chi connectivity index (χ2n) is 4.04. The van der Waals surface area contributed by atoms with E-state index in [1.165, 1.54) is 12.1 Å². The molecule has 0 unspecified atom stereocenters. The van der Waals surface area contributed by atoms with Gasteiger partial charge in [-0.2, -0.15) is 0 Å². The Morgan fingerprint density at radius 3 is 2.42 bits per heavy atom. The molecule has 0 aliphatic heterocycles. The Labute approximate surface area is 111 Å². The maximum atomic E-state index is 12.0. The Kier molecular flexibility index (Phi) is 3.77. The van der Waals surface area contributed by atoms with Crippen LogP contribution in [0.15, 0.2) is 41.6 Å². The summed E-state index contributed by atoms with van der Waals surface area (Å²) in [7, 11) is -3.56. The van der Waals surface area contributed by atoms with Gasteiger partial charge in [0.1, 0.15) is 0 Å². The molecule has 6 nitrogen and oxygen atoms in total. The quantitative estimate of drug-likeness (QED) is 0.808. The van der Waals surface area contributed by atoms with E-state index in [0.29, 0.717) is 11.4 Å². The number of benzene rings is 1. The maximum absolute atomic E-state index is 12.0. The van der Waals surface area contributed by atoms with Crippen molar-refractivity contribution in [1.82, 2.24) is 14.7 Å². The zero-order valence-corrected chi connectivity index (χ0v) is 11.2. The van der Waals surface area contributed by atoms with Gasteiger partial charge in [0.15, 0.2) is 0 Å². The van der Waals surface area contributed by atoms with Gasteiger partial charge in [-0.25, -0.2) is 13.1 Å². The molecule has 0 spiro atoms. The number of nitrogens with zero attached hydrogens (tertiary/aromatic N) is 2. The summed E-state index contributed by atoms with van der Waals surface area (Å²) < 4.78 is 26.4. The highest BCUT2D eigenvalue weighted by atomic mass is 32.2. The first-order valence-corrected chi connectivity index (χ1v) is 7.08. The molecule has 100 valence electrons. The first kappa shape index (κ1) is 13.4. The number of rotatable bonds is 4. The van der Waals surface area contributed by atoms with Gasteiger partial charge in [0.05, 0.1) is 29.0 Å². The van der Waals surface area contributed by atoms with Crippen LogP contribution in [-0.2, 0) is 16.6 Å². The lowest BCUT2D eigenvalue weighted by Gasteiger charge is -2.06. The zero-order chi connectivity index (χ0) is 13.9. The molecular weight excluding hydrogens is 264 g/mol. The largest absolute Gasteiger partial charge is 0.399 e. The number of nitrogens with two attached hydrogens (primary N) is 1. The molecule has 2 aromatic rings. The monoisotopic (exact) mass is 278 g/mol. The summed E-state index contributed by atoms with van der Waals surface area (Å²) in [5.41, 5.74) is 7.37. The van der Waals surface area contributed by atoms with Gasteiger partial charge in [-0.1, -0.05) is 0 Å². The van der Waals surface area contributed by atoms with Crippen LogP contribution in [0.25, 0.3) is 0 Å². The first-order chi connectivity index (χ1) is 8.97. The van der Waals surface area contributed by atoms with E-state index in [1.54, 1.807) is 24.5 Å². The van der Waals surface area contributed by atoms with Crippen LogP contribution in [0.5, 0.6) is 0 Å². The third kappa shape index (κ3) is 3.49. The summed E-state index contributed by atoms with van der Waals surface area (Å²) in [6, 6.07) is 6.00. The van der Waals surface area contributed by atoms with Crippen LogP contribution in [0.4, 0.5) is 5.69 Å². The molecule has 0 aliphatic rings. The minimum Gasteiger partial charge on any atom is -0.399 e. The molecule has 1 heterocycles. The SMILES string of the molecule is Cc1cnc(CNS(=O)(=O)c2ccc(N)cc2)cn1. The molecule has 3 N–H and O–H groups in total. The van der Waals surface area contributed by atoms with Gasteiger partial charge >= 0.3 is 0 Å². The predicted octanol–water partition coefficient (Wildman–Crippen LogP) is 0.846. The molecular formula is C12H14N4O2S. The number of sulfonamides is 1. The lowest BCUT2D eigenvalue weighted by atomic mass is 10.3. The third-order valence-corrected chi connectivity index (χ3v) is 3.89. The lowest BCUT2D eigenvalue weighted by molar-refractivity contribution is 0.580. The third-order valence-electron chi connectivity index (χ3n) is 2.47. The van der Waals surface area contributed by atoms with E-state index in [9.17, 15) is 8.42 Å². The van der Waals surface area contributed by atoms with Crippen LogP contribution < -0.4 is 10.5 Å². The molecule has 19 heavy (non-hydrogen) atoms. The first-order valence-electron chi connectivity index (χ1n) is 5.60. The molecule has 0 aliphatic carbocycles. The fraction of sp³-hybridized carbons (Fsp3) is 0.167. The van der Waals surface area contributed by atoms with Crippen molar-refractivity contribution in [1.29, 1.82) is 0 Å². The second-order valence-corrected chi connectivity index (χ2v) is 5.81. The highest BCUT2D eigenvalue weighted by molar-refractivity contribution is 7.89. The van der Waals surface area contributed by atoms with Gasteiger partial charge in [0.2, 0.25) is 10.0 Å².